The molecule has 1 heterocycles. The van der Waals surface area contributed by atoms with Gasteiger partial charge in [0.15, 0.2) is 0 Å². The fourth-order valence-corrected chi connectivity index (χ4v) is 1.61. The number of hydrogen-bond acceptors (Lipinski definition) is 3. The summed E-state index contributed by atoms with van der Waals surface area (Å²) in [4.78, 5) is 2.28. The number of β-amino-alcohol motifs (C(OH)–C–C–N with tert-alkyl or cyclic N) is 1. The zero-order valence-electron chi connectivity index (χ0n) is 8.25. The third-order valence-electron chi connectivity index (χ3n) is 2.57. The number of likely N-dealkylation sites (N-methyl/N-ethyl adjacent to an activating group) is 1. The number of nitrogens with one attached hydrogen (secondary N) is 1. The van der Waals surface area contributed by atoms with Crippen LogP contribution in [0.25, 0.3) is 0 Å². The molecule has 0 spiro atoms. The van der Waals surface area contributed by atoms with E-state index in [1.54, 1.807) is 0 Å². The quantitative estimate of drug-likeness (QED) is 0.622. The summed E-state index contributed by atoms with van der Waals surface area (Å²) in [7, 11) is 2.00. The molecule has 0 aromatic rings. The van der Waals surface area contributed by atoms with Crippen LogP contribution in [0.15, 0.2) is 0 Å². The molecule has 0 saturated carbocycles. The van der Waals surface area contributed by atoms with Gasteiger partial charge in [-0.3, -0.25) is 4.90 Å². The molecule has 0 bridgehead atoms. The molecule has 3 heteroatoms. The molecule has 0 aromatic heterocycles. The molecule has 1 atom stereocenters. The summed E-state index contributed by atoms with van der Waals surface area (Å²) in [5.41, 5.74) is 0. The SMILES string of the molecule is CNC(CN1CC(O)C1)C(C)C. The Morgan fingerprint density at radius 2 is 2.08 bits per heavy atom. The van der Waals surface area contributed by atoms with E-state index in [4.69, 9.17) is 5.11 Å². The Balaban J connectivity index is 2.19. The van der Waals surface area contributed by atoms with Crippen molar-refractivity contribution >= 4 is 0 Å². The highest BCUT2D eigenvalue weighted by Crippen LogP contribution is 2.10. The van der Waals surface area contributed by atoms with Gasteiger partial charge >= 0.3 is 0 Å². The lowest BCUT2D eigenvalue weighted by Gasteiger charge is -2.39. The van der Waals surface area contributed by atoms with Gasteiger partial charge < -0.3 is 10.4 Å². The molecule has 3 nitrogen and oxygen atoms in total. The molecular formula is C9H20N2O. The van der Waals surface area contributed by atoms with Crippen LogP contribution in [0.2, 0.25) is 0 Å². The standard InChI is InChI=1S/C9H20N2O/c1-7(2)9(10-3)6-11-4-8(12)5-11/h7-10,12H,4-6H2,1-3H3. The van der Waals surface area contributed by atoms with Crippen molar-refractivity contribution < 1.29 is 5.11 Å². The molecule has 72 valence electrons. The van der Waals surface area contributed by atoms with E-state index in [1.807, 2.05) is 7.05 Å². The van der Waals surface area contributed by atoms with Gasteiger partial charge in [-0.25, -0.2) is 0 Å². The average molecular weight is 172 g/mol. The van der Waals surface area contributed by atoms with Crippen LogP contribution in [0, 0.1) is 5.92 Å². The van der Waals surface area contributed by atoms with E-state index in [1.165, 1.54) is 0 Å². The van der Waals surface area contributed by atoms with Crippen molar-refractivity contribution in [3.63, 3.8) is 0 Å². The molecule has 0 aliphatic carbocycles. The number of hydrogen-bond donors (Lipinski definition) is 2. The molecule has 1 saturated heterocycles. The first-order valence-corrected chi connectivity index (χ1v) is 4.71. The van der Waals surface area contributed by atoms with E-state index < -0.39 is 0 Å². The van der Waals surface area contributed by atoms with Gasteiger partial charge in [0.2, 0.25) is 0 Å². The number of nitrogens with zero attached hydrogens (tertiary/aromatic N) is 1. The first-order valence-electron chi connectivity index (χ1n) is 4.71. The van der Waals surface area contributed by atoms with Crippen molar-refractivity contribution in [3.8, 4) is 0 Å². The van der Waals surface area contributed by atoms with Crippen molar-refractivity contribution in [2.75, 3.05) is 26.7 Å². The molecule has 0 amide bonds. The minimum atomic E-state index is -0.0744. The number of aliphatic hydroxyl groups excluding tert-OH is 1. The Morgan fingerprint density at radius 3 is 2.42 bits per heavy atom. The van der Waals surface area contributed by atoms with Gasteiger partial charge in [-0.2, -0.15) is 0 Å². The van der Waals surface area contributed by atoms with E-state index >= 15 is 0 Å². The predicted molar refractivity (Wildman–Crippen MR) is 50.1 cm³/mol. The molecule has 0 aromatic carbocycles. The smallest absolute Gasteiger partial charge is 0.0793 e. The third-order valence-corrected chi connectivity index (χ3v) is 2.57. The van der Waals surface area contributed by atoms with Crippen molar-refractivity contribution in [1.82, 2.24) is 10.2 Å². The molecular weight excluding hydrogens is 152 g/mol. The van der Waals surface area contributed by atoms with Crippen LogP contribution in [0.5, 0.6) is 0 Å². The summed E-state index contributed by atoms with van der Waals surface area (Å²) < 4.78 is 0. The van der Waals surface area contributed by atoms with E-state index in [-0.39, 0.29) is 6.10 Å². The van der Waals surface area contributed by atoms with Gasteiger partial charge in [-0.05, 0) is 13.0 Å². The maximum atomic E-state index is 9.08. The van der Waals surface area contributed by atoms with Gasteiger partial charge in [-0.1, -0.05) is 13.8 Å². The van der Waals surface area contributed by atoms with Gasteiger partial charge in [0.1, 0.15) is 0 Å². The Labute approximate surface area is 74.8 Å². The summed E-state index contributed by atoms with van der Waals surface area (Å²) in [5.74, 6) is 0.660. The maximum absolute atomic E-state index is 9.08. The third kappa shape index (κ3) is 2.44. The van der Waals surface area contributed by atoms with E-state index in [9.17, 15) is 0 Å². The highest BCUT2D eigenvalue weighted by Gasteiger charge is 2.26. The van der Waals surface area contributed by atoms with Gasteiger partial charge in [0, 0.05) is 25.7 Å². The van der Waals surface area contributed by atoms with E-state index in [0.717, 1.165) is 19.6 Å². The van der Waals surface area contributed by atoms with Gasteiger partial charge in [0.25, 0.3) is 0 Å². The van der Waals surface area contributed by atoms with Gasteiger partial charge in [-0.15, -0.1) is 0 Å². The van der Waals surface area contributed by atoms with E-state index in [0.29, 0.717) is 12.0 Å². The summed E-state index contributed by atoms with van der Waals surface area (Å²) in [5, 5.41) is 12.4. The minimum absolute atomic E-state index is 0.0744. The lowest BCUT2D eigenvalue weighted by Crippen LogP contribution is -2.55. The van der Waals surface area contributed by atoms with Crippen LogP contribution in [-0.4, -0.2) is 48.8 Å². The van der Waals surface area contributed by atoms with Crippen molar-refractivity contribution in [3.05, 3.63) is 0 Å². The van der Waals surface area contributed by atoms with Crippen LogP contribution in [-0.2, 0) is 0 Å². The second-order valence-corrected chi connectivity index (χ2v) is 4.01. The fourth-order valence-electron chi connectivity index (χ4n) is 1.61. The first kappa shape index (κ1) is 9.96. The zero-order chi connectivity index (χ0) is 9.14. The second kappa shape index (κ2) is 4.21. The molecule has 1 aliphatic heterocycles. The molecule has 2 N–H and O–H groups in total. The highest BCUT2D eigenvalue weighted by atomic mass is 16.3. The van der Waals surface area contributed by atoms with Crippen molar-refractivity contribution in [1.29, 1.82) is 0 Å². The lowest BCUT2D eigenvalue weighted by molar-refractivity contribution is -0.00519. The van der Waals surface area contributed by atoms with Crippen LogP contribution < -0.4 is 5.32 Å². The largest absolute Gasteiger partial charge is 0.390 e. The summed E-state index contributed by atoms with van der Waals surface area (Å²) >= 11 is 0. The van der Waals surface area contributed by atoms with Crippen molar-refractivity contribution in [2.45, 2.75) is 26.0 Å². The van der Waals surface area contributed by atoms with Crippen LogP contribution in [0.1, 0.15) is 13.8 Å². The number of rotatable bonds is 4. The monoisotopic (exact) mass is 172 g/mol. The van der Waals surface area contributed by atoms with Crippen molar-refractivity contribution in [2.24, 2.45) is 5.92 Å². The lowest BCUT2D eigenvalue weighted by atomic mass is 10.0. The van der Waals surface area contributed by atoms with Crippen LogP contribution >= 0.6 is 0 Å². The zero-order valence-corrected chi connectivity index (χ0v) is 8.25. The normalized spacial score (nSPS) is 22.8. The second-order valence-electron chi connectivity index (χ2n) is 4.01. The topological polar surface area (TPSA) is 35.5 Å². The summed E-state index contributed by atoms with van der Waals surface area (Å²) in [6, 6.07) is 0.553. The minimum Gasteiger partial charge on any atom is -0.390 e. The number of aliphatic hydroxyl groups is 1. The Hall–Kier alpha value is -0.120. The summed E-state index contributed by atoms with van der Waals surface area (Å²) in [6.07, 6.45) is -0.0744. The average Bonchev–Trinajstić information content (AvgIpc) is 1.95. The van der Waals surface area contributed by atoms with Crippen LogP contribution in [0.3, 0.4) is 0 Å². The number of likely N-dealkylation sites (tertiary alicyclic amines) is 1. The predicted octanol–water partition coefficient (Wildman–Crippen LogP) is -0.0931. The Morgan fingerprint density at radius 1 is 1.50 bits per heavy atom. The molecule has 1 aliphatic rings. The molecule has 1 rings (SSSR count). The Bertz CT molecular complexity index is 132. The summed E-state index contributed by atoms with van der Waals surface area (Å²) in [6.45, 7) is 7.20. The van der Waals surface area contributed by atoms with E-state index in [2.05, 4.69) is 24.1 Å². The fraction of sp³-hybridized carbons (Fsp3) is 1.00. The molecule has 1 fully saturated rings. The van der Waals surface area contributed by atoms with Gasteiger partial charge in [0.05, 0.1) is 6.10 Å². The molecule has 1 unspecified atom stereocenters. The van der Waals surface area contributed by atoms with Crippen LogP contribution in [0.4, 0.5) is 0 Å². The molecule has 12 heavy (non-hydrogen) atoms. The first-order chi connectivity index (χ1) is 5.63. The highest BCUT2D eigenvalue weighted by molar-refractivity contribution is 4.83. The Kier molecular flexibility index (Phi) is 3.50. The molecule has 0 radical (unpaired) electrons. The maximum Gasteiger partial charge on any atom is 0.0793 e.